The lowest BCUT2D eigenvalue weighted by Crippen LogP contribution is -2.22. The summed E-state index contributed by atoms with van der Waals surface area (Å²) < 4.78 is 0. The van der Waals surface area contributed by atoms with Crippen molar-refractivity contribution in [1.29, 1.82) is 0 Å². The minimum absolute atomic E-state index is 0. The maximum atomic E-state index is 5.93. The van der Waals surface area contributed by atoms with Gasteiger partial charge in [-0.15, -0.1) is 24.0 Å². The molecular formula is C17H22IN3. The molecule has 2 aromatic carbocycles. The van der Waals surface area contributed by atoms with Gasteiger partial charge in [-0.2, -0.15) is 0 Å². The van der Waals surface area contributed by atoms with Gasteiger partial charge in [0, 0.05) is 5.69 Å². The molecule has 112 valence electrons. The Morgan fingerprint density at radius 3 is 2.38 bits per heavy atom. The van der Waals surface area contributed by atoms with Gasteiger partial charge in [-0.05, 0) is 55.2 Å². The SMILES string of the molecule is Cc1ccc(NC(N)=NCc2ccccc2C)cc1C.I. The minimum atomic E-state index is 0. The molecule has 0 aliphatic carbocycles. The van der Waals surface area contributed by atoms with Crippen LogP contribution in [0.15, 0.2) is 47.5 Å². The molecule has 0 aliphatic heterocycles. The van der Waals surface area contributed by atoms with Gasteiger partial charge in [0.05, 0.1) is 6.54 Å². The van der Waals surface area contributed by atoms with Crippen molar-refractivity contribution in [2.24, 2.45) is 10.7 Å². The summed E-state index contributed by atoms with van der Waals surface area (Å²) in [7, 11) is 0. The molecule has 0 spiro atoms. The molecular weight excluding hydrogens is 373 g/mol. The molecule has 0 unspecified atom stereocenters. The first-order valence-corrected chi connectivity index (χ1v) is 6.75. The summed E-state index contributed by atoms with van der Waals surface area (Å²) in [5.41, 5.74) is 11.8. The van der Waals surface area contributed by atoms with Gasteiger partial charge in [-0.1, -0.05) is 30.3 Å². The van der Waals surface area contributed by atoms with Crippen LogP contribution < -0.4 is 11.1 Å². The lowest BCUT2D eigenvalue weighted by molar-refractivity contribution is 1.04. The van der Waals surface area contributed by atoms with Crippen molar-refractivity contribution in [1.82, 2.24) is 0 Å². The Labute approximate surface area is 143 Å². The van der Waals surface area contributed by atoms with Crippen LogP contribution in [-0.2, 0) is 6.54 Å². The number of halogens is 1. The van der Waals surface area contributed by atoms with Crippen molar-refractivity contribution < 1.29 is 0 Å². The Balaban J connectivity index is 0.00000220. The average molecular weight is 395 g/mol. The summed E-state index contributed by atoms with van der Waals surface area (Å²) in [5.74, 6) is 0.441. The number of anilines is 1. The molecule has 0 bridgehead atoms. The zero-order chi connectivity index (χ0) is 14.5. The summed E-state index contributed by atoms with van der Waals surface area (Å²) in [5, 5.41) is 3.13. The summed E-state index contributed by atoms with van der Waals surface area (Å²) in [6, 6.07) is 14.4. The van der Waals surface area contributed by atoms with Gasteiger partial charge in [0.1, 0.15) is 0 Å². The zero-order valence-corrected chi connectivity index (χ0v) is 15.0. The number of guanidine groups is 1. The quantitative estimate of drug-likeness (QED) is 0.466. The number of nitrogens with zero attached hydrogens (tertiary/aromatic N) is 1. The van der Waals surface area contributed by atoms with E-state index >= 15 is 0 Å². The summed E-state index contributed by atoms with van der Waals surface area (Å²) in [4.78, 5) is 4.39. The second kappa shape index (κ2) is 8.02. The standard InChI is InChI=1S/C17H21N3.HI/c1-12-8-9-16(10-14(12)3)20-17(18)19-11-15-7-5-4-6-13(15)2;/h4-10H,11H2,1-3H3,(H3,18,19,20);1H. The maximum absolute atomic E-state index is 5.93. The van der Waals surface area contributed by atoms with Gasteiger partial charge in [0.25, 0.3) is 0 Å². The van der Waals surface area contributed by atoms with Crippen molar-refractivity contribution in [3.8, 4) is 0 Å². The highest BCUT2D eigenvalue weighted by Gasteiger charge is 1.99. The third-order valence-electron chi connectivity index (χ3n) is 3.46. The number of hydrogen-bond acceptors (Lipinski definition) is 1. The first kappa shape index (κ1) is 17.5. The Bertz CT molecular complexity index is 636. The topological polar surface area (TPSA) is 50.4 Å². The molecule has 0 amide bonds. The van der Waals surface area contributed by atoms with E-state index < -0.39 is 0 Å². The largest absolute Gasteiger partial charge is 0.370 e. The van der Waals surface area contributed by atoms with Gasteiger partial charge >= 0.3 is 0 Å². The van der Waals surface area contributed by atoms with E-state index in [0.717, 1.165) is 5.69 Å². The number of nitrogens with two attached hydrogens (primary N) is 1. The third kappa shape index (κ3) is 5.04. The van der Waals surface area contributed by atoms with Gasteiger partial charge in [0.15, 0.2) is 5.96 Å². The predicted molar refractivity (Wildman–Crippen MR) is 101 cm³/mol. The lowest BCUT2D eigenvalue weighted by atomic mass is 10.1. The molecule has 3 N–H and O–H groups in total. The van der Waals surface area contributed by atoms with E-state index in [4.69, 9.17) is 5.73 Å². The summed E-state index contributed by atoms with van der Waals surface area (Å²) in [6.45, 7) is 6.85. The molecule has 0 fully saturated rings. The van der Waals surface area contributed by atoms with Gasteiger partial charge in [-0.3, -0.25) is 0 Å². The zero-order valence-electron chi connectivity index (χ0n) is 12.7. The molecule has 2 rings (SSSR count). The Kier molecular flexibility index (Phi) is 6.68. The van der Waals surface area contributed by atoms with E-state index in [0.29, 0.717) is 12.5 Å². The number of benzene rings is 2. The van der Waals surface area contributed by atoms with Crippen LogP contribution in [0, 0.1) is 20.8 Å². The van der Waals surface area contributed by atoms with Crippen LogP contribution in [0.3, 0.4) is 0 Å². The highest BCUT2D eigenvalue weighted by molar-refractivity contribution is 14.0. The first-order valence-electron chi connectivity index (χ1n) is 6.75. The Hall–Kier alpha value is -1.56. The first-order chi connectivity index (χ1) is 9.56. The predicted octanol–water partition coefficient (Wildman–Crippen LogP) is 4.16. The van der Waals surface area contributed by atoms with E-state index in [1.54, 1.807) is 0 Å². The third-order valence-corrected chi connectivity index (χ3v) is 3.46. The van der Waals surface area contributed by atoms with Crippen LogP contribution in [0.25, 0.3) is 0 Å². The van der Waals surface area contributed by atoms with Gasteiger partial charge in [0.2, 0.25) is 0 Å². The fourth-order valence-corrected chi connectivity index (χ4v) is 1.96. The molecule has 0 saturated heterocycles. The van der Waals surface area contributed by atoms with Crippen LogP contribution in [0.1, 0.15) is 22.3 Å². The van der Waals surface area contributed by atoms with Crippen LogP contribution in [-0.4, -0.2) is 5.96 Å². The molecule has 4 heteroatoms. The molecule has 0 radical (unpaired) electrons. The van der Waals surface area contributed by atoms with E-state index in [2.05, 4.69) is 55.3 Å². The van der Waals surface area contributed by atoms with Gasteiger partial charge in [-0.25, -0.2) is 4.99 Å². The van der Waals surface area contributed by atoms with Crippen molar-refractivity contribution in [3.05, 3.63) is 64.7 Å². The van der Waals surface area contributed by atoms with E-state index in [1.165, 1.54) is 22.3 Å². The van der Waals surface area contributed by atoms with Crippen molar-refractivity contribution in [2.75, 3.05) is 5.32 Å². The summed E-state index contributed by atoms with van der Waals surface area (Å²) in [6.07, 6.45) is 0. The highest BCUT2D eigenvalue weighted by atomic mass is 127. The molecule has 0 saturated carbocycles. The second-order valence-corrected chi connectivity index (χ2v) is 5.05. The Morgan fingerprint density at radius 2 is 1.71 bits per heavy atom. The smallest absolute Gasteiger partial charge is 0.193 e. The summed E-state index contributed by atoms with van der Waals surface area (Å²) >= 11 is 0. The molecule has 21 heavy (non-hydrogen) atoms. The molecule has 3 nitrogen and oxygen atoms in total. The number of aliphatic imine (C=N–C) groups is 1. The van der Waals surface area contributed by atoms with E-state index in [9.17, 15) is 0 Å². The fraction of sp³-hybridized carbons (Fsp3) is 0.235. The Morgan fingerprint density at radius 1 is 1.00 bits per heavy atom. The van der Waals surface area contributed by atoms with Crippen LogP contribution in [0.4, 0.5) is 5.69 Å². The number of nitrogens with one attached hydrogen (secondary N) is 1. The van der Waals surface area contributed by atoms with E-state index in [1.807, 2.05) is 18.2 Å². The number of rotatable bonds is 3. The molecule has 0 heterocycles. The van der Waals surface area contributed by atoms with Crippen molar-refractivity contribution in [2.45, 2.75) is 27.3 Å². The van der Waals surface area contributed by atoms with Crippen LogP contribution in [0.5, 0.6) is 0 Å². The van der Waals surface area contributed by atoms with Crippen LogP contribution >= 0.6 is 24.0 Å². The van der Waals surface area contributed by atoms with Crippen molar-refractivity contribution >= 4 is 35.6 Å². The average Bonchev–Trinajstić information content (AvgIpc) is 2.42. The molecule has 0 aliphatic rings. The monoisotopic (exact) mass is 395 g/mol. The van der Waals surface area contributed by atoms with Crippen molar-refractivity contribution in [3.63, 3.8) is 0 Å². The number of hydrogen-bond donors (Lipinski definition) is 2. The highest BCUT2D eigenvalue weighted by Crippen LogP contribution is 2.14. The van der Waals surface area contributed by atoms with Gasteiger partial charge < -0.3 is 11.1 Å². The molecule has 0 aromatic heterocycles. The fourth-order valence-electron chi connectivity index (χ4n) is 1.96. The molecule has 0 atom stereocenters. The normalized spacial score (nSPS) is 10.9. The second-order valence-electron chi connectivity index (χ2n) is 5.05. The number of aryl methyl sites for hydroxylation is 3. The maximum Gasteiger partial charge on any atom is 0.193 e. The van der Waals surface area contributed by atoms with E-state index in [-0.39, 0.29) is 24.0 Å². The minimum Gasteiger partial charge on any atom is -0.370 e. The lowest BCUT2D eigenvalue weighted by Gasteiger charge is -2.08. The van der Waals surface area contributed by atoms with Crippen LogP contribution in [0.2, 0.25) is 0 Å². The molecule has 2 aromatic rings.